The number of anilines is 2. The number of hydrogen-bond donors (Lipinski definition) is 2. The van der Waals surface area contributed by atoms with E-state index >= 15 is 0 Å². The molecule has 1 aromatic carbocycles. The molecular weight excluding hydrogens is 296 g/mol. The standard InChI is InChI=1S/C16H14N4OS/c17-13-11(8-21)22-15-12(13)14(9-4-2-1-3-5-9)19-16(20-15)18-10-6-7-10/h1-5,8,10H,6-7,17H2,(H,18,19,20). The number of benzene rings is 1. The molecule has 1 fully saturated rings. The van der Waals surface area contributed by atoms with Gasteiger partial charge < -0.3 is 11.1 Å². The van der Waals surface area contributed by atoms with Crippen LogP contribution in [0.5, 0.6) is 0 Å². The molecular formula is C16H14N4OS. The van der Waals surface area contributed by atoms with E-state index in [1.54, 1.807) is 0 Å². The van der Waals surface area contributed by atoms with Crippen LogP contribution >= 0.6 is 11.3 Å². The van der Waals surface area contributed by atoms with Crippen LogP contribution < -0.4 is 11.1 Å². The van der Waals surface area contributed by atoms with Gasteiger partial charge in [-0.3, -0.25) is 4.79 Å². The van der Waals surface area contributed by atoms with Gasteiger partial charge in [0.25, 0.3) is 0 Å². The van der Waals surface area contributed by atoms with Crippen LogP contribution in [0.3, 0.4) is 0 Å². The van der Waals surface area contributed by atoms with Gasteiger partial charge in [-0.05, 0) is 12.8 Å². The van der Waals surface area contributed by atoms with Crippen molar-refractivity contribution in [1.82, 2.24) is 9.97 Å². The molecule has 3 N–H and O–H groups in total. The third-order valence-corrected chi connectivity index (χ3v) is 4.71. The Hall–Kier alpha value is -2.47. The smallest absolute Gasteiger partial charge is 0.224 e. The Balaban J connectivity index is 1.97. The Kier molecular flexibility index (Phi) is 3.04. The molecule has 0 spiro atoms. The van der Waals surface area contributed by atoms with Gasteiger partial charge in [-0.1, -0.05) is 30.3 Å². The van der Waals surface area contributed by atoms with Crippen LogP contribution in [0.4, 0.5) is 11.6 Å². The lowest BCUT2D eigenvalue weighted by Crippen LogP contribution is -2.06. The van der Waals surface area contributed by atoms with E-state index in [1.165, 1.54) is 11.3 Å². The summed E-state index contributed by atoms with van der Waals surface area (Å²) >= 11 is 1.31. The molecule has 0 amide bonds. The quantitative estimate of drug-likeness (QED) is 0.722. The third-order valence-electron chi connectivity index (χ3n) is 3.68. The first-order valence-electron chi connectivity index (χ1n) is 7.13. The normalized spacial score (nSPS) is 14.2. The molecule has 3 aromatic rings. The number of nitrogens with zero attached hydrogens (tertiary/aromatic N) is 2. The summed E-state index contributed by atoms with van der Waals surface area (Å²) < 4.78 is 0. The van der Waals surface area contributed by atoms with Crippen molar-refractivity contribution in [3.05, 3.63) is 35.2 Å². The number of nitrogen functional groups attached to an aromatic ring is 1. The van der Waals surface area contributed by atoms with E-state index in [0.29, 0.717) is 22.6 Å². The molecule has 5 nitrogen and oxygen atoms in total. The first-order chi connectivity index (χ1) is 10.8. The van der Waals surface area contributed by atoms with Crippen molar-refractivity contribution in [1.29, 1.82) is 0 Å². The maximum Gasteiger partial charge on any atom is 0.224 e. The predicted molar refractivity (Wildman–Crippen MR) is 89.3 cm³/mol. The van der Waals surface area contributed by atoms with Gasteiger partial charge in [0.15, 0.2) is 6.29 Å². The first kappa shape index (κ1) is 13.2. The van der Waals surface area contributed by atoms with Gasteiger partial charge in [0.05, 0.1) is 21.6 Å². The Bertz CT molecular complexity index is 855. The average molecular weight is 310 g/mol. The van der Waals surface area contributed by atoms with Crippen molar-refractivity contribution in [3.8, 4) is 11.3 Å². The van der Waals surface area contributed by atoms with Crippen LogP contribution in [0, 0.1) is 0 Å². The van der Waals surface area contributed by atoms with Crippen molar-refractivity contribution >= 4 is 39.5 Å². The highest BCUT2D eigenvalue weighted by Crippen LogP contribution is 2.38. The molecule has 0 atom stereocenters. The van der Waals surface area contributed by atoms with Gasteiger partial charge in [0, 0.05) is 11.6 Å². The molecule has 0 aliphatic heterocycles. The highest BCUT2D eigenvalue weighted by Gasteiger charge is 2.24. The van der Waals surface area contributed by atoms with Crippen LogP contribution in [0.2, 0.25) is 0 Å². The lowest BCUT2D eigenvalue weighted by atomic mass is 10.1. The molecule has 6 heteroatoms. The fourth-order valence-corrected chi connectivity index (χ4v) is 3.32. The summed E-state index contributed by atoms with van der Waals surface area (Å²) in [7, 11) is 0. The van der Waals surface area contributed by atoms with Gasteiger partial charge in [0.1, 0.15) is 4.83 Å². The summed E-state index contributed by atoms with van der Waals surface area (Å²) in [4.78, 5) is 21.6. The van der Waals surface area contributed by atoms with Gasteiger partial charge >= 0.3 is 0 Å². The maximum absolute atomic E-state index is 11.2. The van der Waals surface area contributed by atoms with Crippen molar-refractivity contribution in [2.45, 2.75) is 18.9 Å². The fourth-order valence-electron chi connectivity index (χ4n) is 2.41. The minimum Gasteiger partial charge on any atom is -0.397 e. The zero-order valence-corrected chi connectivity index (χ0v) is 12.6. The van der Waals surface area contributed by atoms with E-state index < -0.39 is 0 Å². The maximum atomic E-state index is 11.2. The van der Waals surface area contributed by atoms with E-state index in [9.17, 15) is 4.79 Å². The van der Waals surface area contributed by atoms with E-state index in [0.717, 1.165) is 40.6 Å². The van der Waals surface area contributed by atoms with Gasteiger partial charge in [0.2, 0.25) is 5.95 Å². The highest BCUT2D eigenvalue weighted by atomic mass is 32.1. The number of nitrogens with one attached hydrogen (secondary N) is 1. The Morgan fingerprint density at radius 2 is 2.00 bits per heavy atom. The summed E-state index contributed by atoms with van der Waals surface area (Å²) in [6, 6.07) is 10.3. The minimum atomic E-state index is 0.462. The summed E-state index contributed by atoms with van der Waals surface area (Å²) in [5, 5.41) is 4.08. The van der Waals surface area contributed by atoms with Crippen molar-refractivity contribution in [2.75, 3.05) is 11.1 Å². The SMILES string of the molecule is Nc1c(C=O)sc2nc(NC3CC3)nc(-c3ccccc3)c12. The Morgan fingerprint density at radius 3 is 2.68 bits per heavy atom. The highest BCUT2D eigenvalue weighted by molar-refractivity contribution is 7.21. The van der Waals surface area contributed by atoms with E-state index in [2.05, 4.69) is 15.3 Å². The molecule has 0 radical (unpaired) electrons. The largest absolute Gasteiger partial charge is 0.397 e. The zero-order valence-electron chi connectivity index (χ0n) is 11.7. The van der Waals surface area contributed by atoms with Crippen LogP contribution in [-0.2, 0) is 0 Å². The molecule has 1 aliphatic carbocycles. The monoisotopic (exact) mass is 310 g/mol. The second-order valence-electron chi connectivity index (χ2n) is 5.36. The van der Waals surface area contributed by atoms with Crippen molar-refractivity contribution in [3.63, 3.8) is 0 Å². The second-order valence-corrected chi connectivity index (χ2v) is 6.39. The van der Waals surface area contributed by atoms with Gasteiger partial charge in [-0.15, -0.1) is 11.3 Å². The van der Waals surface area contributed by atoms with Crippen LogP contribution in [-0.4, -0.2) is 22.3 Å². The number of rotatable bonds is 4. The lowest BCUT2D eigenvalue weighted by Gasteiger charge is -2.08. The second kappa shape index (κ2) is 5.06. The molecule has 110 valence electrons. The topological polar surface area (TPSA) is 80.9 Å². The summed E-state index contributed by atoms with van der Waals surface area (Å²) in [5.74, 6) is 0.604. The molecule has 2 aromatic heterocycles. The van der Waals surface area contributed by atoms with Crippen LogP contribution in [0.1, 0.15) is 22.5 Å². The van der Waals surface area contributed by atoms with E-state index in [-0.39, 0.29) is 0 Å². The summed E-state index contributed by atoms with van der Waals surface area (Å²) in [6.45, 7) is 0. The first-order valence-corrected chi connectivity index (χ1v) is 7.95. The number of carbonyl (C=O) groups is 1. The Morgan fingerprint density at radius 1 is 1.23 bits per heavy atom. The molecule has 22 heavy (non-hydrogen) atoms. The molecule has 0 unspecified atom stereocenters. The zero-order chi connectivity index (χ0) is 15.1. The Labute approximate surface area is 131 Å². The van der Waals surface area contributed by atoms with Gasteiger partial charge in [-0.2, -0.15) is 0 Å². The van der Waals surface area contributed by atoms with Crippen molar-refractivity contribution in [2.24, 2.45) is 0 Å². The molecule has 0 bridgehead atoms. The van der Waals surface area contributed by atoms with E-state index in [1.807, 2.05) is 30.3 Å². The lowest BCUT2D eigenvalue weighted by molar-refractivity contribution is 0.112. The third kappa shape index (κ3) is 2.21. The number of fused-ring (bicyclic) bond motifs is 1. The number of aldehydes is 1. The molecule has 1 aliphatic rings. The number of aromatic nitrogens is 2. The van der Waals surface area contributed by atoms with Crippen LogP contribution in [0.25, 0.3) is 21.5 Å². The molecule has 0 saturated heterocycles. The van der Waals surface area contributed by atoms with E-state index in [4.69, 9.17) is 5.73 Å². The number of thiophene rings is 1. The average Bonchev–Trinajstić information content (AvgIpc) is 3.30. The van der Waals surface area contributed by atoms with Crippen LogP contribution in [0.15, 0.2) is 30.3 Å². The van der Waals surface area contributed by atoms with Gasteiger partial charge in [-0.25, -0.2) is 9.97 Å². The summed E-state index contributed by atoms with van der Waals surface area (Å²) in [6.07, 6.45) is 3.08. The number of nitrogens with two attached hydrogens (primary N) is 1. The number of carbonyl (C=O) groups excluding carboxylic acids is 1. The summed E-state index contributed by atoms with van der Waals surface area (Å²) in [5.41, 5.74) is 8.34. The fraction of sp³-hybridized carbons (Fsp3) is 0.188. The minimum absolute atomic E-state index is 0.462. The predicted octanol–water partition coefficient (Wildman–Crippen LogP) is 3.33. The number of hydrogen-bond acceptors (Lipinski definition) is 6. The van der Waals surface area contributed by atoms with Crippen molar-refractivity contribution < 1.29 is 4.79 Å². The molecule has 2 heterocycles. The molecule has 1 saturated carbocycles. The molecule has 4 rings (SSSR count).